The van der Waals surface area contributed by atoms with Crippen molar-refractivity contribution in [2.24, 2.45) is 0 Å². The third kappa shape index (κ3) is 2.91. The van der Waals surface area contributed by atoms with Crippen LogP contribution in [0.1, 0.15) is 21.5 Å². The number of pyridine rings is 1. The molecular formula is C15H15NO3. The Balaban J connectivity index is 2.41. The summed E-state index contributed by atoms with van der Waals surface area (Å²) >= 11 is 0. The van der Waals surface area contributed by atoms with Gasteiger partial charge in [0.25, 0.3) is 0 Å². The average Bonchev–Trinajstić information content (AvgIpc) is 2.47. The summed E-state index contributed by atoms with van der Waals surface area (Å²) in [5.41, 5.74) is 2.53. The maximum atomic E-state index is 11.2. The number of hydrogen-bond donors (Lipinski definition) is 0. The molecule has 0 amide bonds. The van der Waals surface area contributed by atoms with Crippen LogP contribution in [0.25, 0.3) is 0 Å². The Kier molecular flexibility index (Phi) is 4.13. The predicted octanol–water partition coefficient (Wildman–Crippen LogP) is 2.50. The second-order valence-electron chi connectivity index (χ2n) is 4.06. The first kappa shape index (κ1) is 13.1. The fourth-order valence-electron chi connectivity index (χ4n) is 1.92. The predicted molar refractivity (Wildman–Crippen MR) is 72.0 cm³/mol. The standard InChI is InChI=1S/C15H15NO3/c1-18-14-7-12(6-11-4-3-5-16-9-11)13(10-17)8-15(14)19-2/h3-5,7-10H,6H2,1-2H3. The van der Waals surface area contributed by atoms with E-state index in [1.807, 2.05) is 18.2 Å². The lowest BCUT2D eigenvalue weighted by Gasteiger charge is -2.12. The van der Waals surface area contributed by atoms with Crippen molar-refractivity contribution in [1.82, 2.24) is 4.98 Å². The monoisotopic (exact) mass is 257 g/mol. The van der Waals surface area contributed by atoms with E-state index >= 15 is 0 Å². The molecule has 0 aliphatic rings. The van der Waals surface area contributed by atoms with Gasteiger partial charge in [0.05, 0.1) is 14.2 Å². The van der Waals surface area contributed by atoms with Crippen molar-refractivity contribution < 1.29 is 14.3 Å². The summed E-state index contributed by atoms with van der Waals surface area (Å²) in [6.45, 7) is 0. The van der Waals surface area contributed by atoms with Crippen LogP contribution in [0.2, 0.25) is 0 Å². The third-order valence-electron chi connectivity index (χ3n) is 2.89. The number of aldehydes is 1. The van der Waals surface area contributed by atoms with E-state index in [0.29, 0.717) is 23.5 Å². The molecule has 1 aromatic heterocycles. The van der Waals surface area contributed by atoms with Gasteiger partial charge in [0.1, 0.15) is 6.29 Å². The summed E-state index contributed by atoms with van der Waals surface area (Å²) in [5.74, 6) is 1.17. The maximum Gasteiger partial charge on any atom is 0.161 e. The summed E-state index contributed by atoms with van der Waals surface area (Å²) in [4.78, 5) is 15.2. The SMILES string of the molecule is COc1cc(C=O)c(Cc2cccnc2)cc1OC. The zero-order chi connectivity index (χ0) is 13.7. The van der Waals surface area contributed by atoms with E-state index in [9.17, 15) is 4.79 Å². The molecule has 4 nitrogen and oxygen atoms in total. The van der Waals surface area contributed by atoms with Crippen LogP contribution in [0, 0.1) is 0 Å². The van der Waals surface area contributed by atoms with Crippen LogP contribution in [0.15, 0.2) is 36.7 Å². The lowest BCUT2D eigenvalue weighted by atomic mass is 10.0. The molecule has 0 radical (unpaired) electrons. The molecule has 0 saturated heterocycles. The molecule has 0 aliphatic heterocycles. The van der Waals surface area contributed by atoms with Crippen molar-refractivity contribution in [1.29, 1.82) is 0 Å². The largest absolute Gasteiger partial charge is 0.493 e. The Morgan fingerprint density at radius 1 is 1.21 bits per heavy atom. The van der Waals surface area contributed by atoms with Crippen LogP contribution >= 0.6 is 0 Å². The van der Waals surface area contributed by atoms with E-state index < -0.39 is 0 Å². The zero-order valence-electron chi connectivity index (χ0n) is 10.9. The van der Waals surface area contributed by atoms with Crippen molar-refractivity contribution in [3.8, 4) is 11.5 Å². The van der Waals surface area contributed by atoms with Crippen LogP contribution in [-0.4, -0.2) is 25.5 Å². The Labute approximate surface area is 112 Å². The molecule has 4 heteroatoms. The van der Waals surface area contributed by atoms with Gasteiger partial charge < -0.3 is 9.47 Å². The summed E-state index contributed by atoms with van der Waals surface area (Å²) in [6, 6.07) is 7.36. The molecular weight excluding hydrogens is 242 g/mol. The third-order valence-corrected chi connectivity index (χ3v) is 2.89. The normalized spacial score (nSPS) is 10.0. The minimum Gasteiger partial charge on any atom is -0.493 e. The van der Waals surface area contributed by atoms with Gasteiger partial charge in [0.15, 0.2) is 11.5 Å². The number of benzene rings is 1. The minimum atomic E-state index is 0.555. The summed E-state index contributed by atoms with van der Waals surface area (Å²) in [5, 5.41) is 0. The van der Waals surface area contributed by atoms with Crippen molar-refractivity contribution in [3.63, 3.8) is 0 Å². The van der Waals surface area contributed by atoms with Gasteiger partial charge in [-0.25, -0.2) is 0 Å². The van der Waals surface area contributed by atoms with Crippen molar-refractivity contribution >= 4 is 6.29 Å². The van der Waals surface area contributed by atoms with Crippen LogP contribution in [0.5, 0.6) is 11.5 Å². The first-order valence-electron chi connectivity index (χ1n) is 5.87. The molecule has 0 atom stereocenters. The molecule has 2 rings (SSSR count). The van der Waals surface area contributed by atoms with Gasteiger partial charge in [-0.3, -0.25) is 9.78 Å². The molecule has 0 saturated carbocycles. The molecule has 2 aromatic rings. The Morgan fingerprint density at radius 3 is 2.53 bits per heavy atom. The average molecular weight is 257 g/mol. The van der Waals surface area contributed by atoms with E-state index in [1.165, 1.54) is 0 Å². The van der Waals surface area contributed by atoms with Gasteiger partial charge in [-0.2, -0.15) is 0 Å². The number of carbonyl (C=O) groups excluding carboxylic acids is 1. The van der Waals surface area contributed by atoms with E-state index in [2.05, 4.69) is 4.98 Å². The lowest BCUT2D eigenvalue weighted by Crippen LogP contribution is -1.99. The number of nitrogens with zero attached hydrogens (tertiary/aromatic N) is 1. The molecule has 0 unspecified atom stereocenters. The van der Waals surface area contributed by atoms with E-state index in [0.717, 1.165) is 17.4 Å². The first-order chi connectivity index (χ1) is 9.28. The molecule has 1 heterocycles. The number of hydrogen-bond acceptors (Lipinski definition) is 4. The number of methoxy groups -OCH3 is 2. The van der Waals surface area contributed by atoms with Gasteiger partial charge in [-0.1, -0.05) is 6.07 Å². The highest BCUT2D eigenvalue weighted by molar-refractivity contribution is 5.79. The fraction of sp³-hybridized carbons (Fsp3) is 0.200. The van der Waals surface area contributed by atoms with Gasteiger partial charge in [-0.15, -0.1) is 0 Å². The molecule has 98 valence electrons. The molecule has 0 N–H and O–H groups in total. The number of ether oxygens (including phenoxy) is 2. The first-order valence-corrected chi connectivity index (χ1v) is 5.87. The molecule has 0 fully saturated rings. The second-order valence-corrected chi connectivity index (χ2v) is 4.06. The maximum absolute atomic E-state index is 11.2. The van der Waals surface area contributed by atoms with E-state index in [-0.39, 0.29) is 0 Å². The highest BCUT2D eigenvalue weighted by Gasteiger charge is 2.11. The highest BCUT2D eigenvalue weighted by atomic mass is 16.5. The number of aromatic nitrogens is 1. The number of carbonyl (C=O) groups is 1. The van der Waals surface area contributed by atoms with E-state index in [4.69, 9.17) is 9.47 Å². The molecule has 0 aliphatic carbocycles. The zero-order valence-corrected chi connectivity index (χ0v) is 10.9. The van der Waals surface area contributed by atoms with Crippen molar-refractivity contribution in [2.75, 3.05) is 14.2 Å². The Morgan fingerprint density at radius 2 is 1.95 bits per heavy atom. The fourth-order valence-corrected chi connectivity index (χ4v) is 1.92. The van der Waals surface area contributed by atoms with Crippen LogP contribution < -0.4 is 9.47 Å². The van der Waals surface area contributed by atoms with E-state index in [1.54, 1.807) is 32.7 Å². The quantitative estimate of drug-likeness (QED) is 0.772. The lowest BCUT2D eigenvalue weighted by molar-refractivity contribution is 0.112. The number of rotatable bonds is 5. The minimum absolute atomic E-state index is 0.555. The molecule has 0 spiro atoms. The molecule has 1 aromatic carbocycles. The second kappa shape index (κ2) is 6.00. The summed E-state index contributed by atoms with van der Waals surface area (Å²) in [7, 11) is 3.12. The summed E-state index contributed by atoms with van der Waals surface area (Å²) in [6.07, 6.45) is 4.96. The van der Waals surface area contributed by atoms with Crippen molar-refractivity contribution in [3.05, 3.63) is 53.3 Å². The van der Waals surface area contributed by atoms with Crippen molar-refractivity contribution in [2.45, 2.75) is 6.42 Å². The smallest absolute Gasteiger partial charge is 0.161 e. The van der Waals surface area contributed by atoms with Gasteiger partial charge in [-0.05, 0) is 35.7 Å². The van der Waals surface area contributed by atoms with Crippen LogP contribution in [0.3, 0.4) is 0 Å². The van der Waals surface area contributed by atoms with Crippen LogP contribution in [-0.2, 0) is 6.42 Å². The highest BCUT2D eigenvalue weighted by Crippen LogP contribution is 2.30. The topological polar surface area (TPSA) is 48.4 Å². The van der Waals surface area contributed by atoms with Gasteiger partial charge in [0, 0.05) is 18.0 Å². The Bertz CT molecular complexity index is 567. The molecule has 19 heavy (non-hydrogen) atoms. The van der Waals surface area contributed by atoms with Gasteiger partial charge in [0.2, 0.25) is 0 Å². The van der Waals surface area contributed by atoms with Gasteiger partial charge >= 0.3 is 0 Å². The molecule has 0 bridgehead atoms. The Hall–Kier alpha value is -2.36. The van der Waals surface area contributed by atoms with Crippen LogP contribution in [0.4, 0.5) is 0 Å². The summed E-state index contributed by atoms with van der Waals surface area (Å²) < 4.78 is 10.4.